The van der Waals surface area contributed by atoms with Gasteiger partial charge >= 0.3 is 0 Å². The Balaban J connectivity index is 2.01. The van der Waals surface area contributed by atoms with E-state index in [4.69, 9.17) is 4.74 Å². The lowest BCUT2D eigenvalue weighted by atomic mass is 9.82. The number of amides is 2. The maximum Gasteiger partial charge on any atom is 0.245 e. The first kappa shape index (κ1) is 26.7. The highest BCUT2D eigenvalue weighted by atomic mass is 32.1. The highest BCUT2D eigenvalue weighted by Crippen LogP contribution is 2.39. The van der Waals surface area contributed by atoms with Crippen LogP contribution in [0.3, 0.4) is 0 Å². The fourth-order valence-corrected chi connectivity index (χ4v) is 5.49. The van der Waals surface area contributed by atoms with Gasteiger partial charge in [-0.15, -0.1) is 11.3 Å². The van der Waals surface area contributed by atoms with Gasteiger partial charge in [-0.25, -0.2) is 0 Å². The van der Waals surface area contributed by atoms with E-state index < -0.39 is 12.3 Å². The number of aliphatic hydroxyl groups excluding tert-OH is 1. The molecule has 2 heterocycles. The number of rotatable bonds is 7. The van der Waals surface area contributed by atoms with Gasteiger partial charge in [0.15, 0.2) is 6.29 Å². The number of carbonyl (C=O) groups is 2. The lowest BCUT2D eigenvalue weighted by molar-refractivity contribution is -0.132. The summed E-state index contributed by atoms with van der Waals surface area (Å²) in [5, 5.41) is 20.3. The van der Waals surface area contributed by atoms with Gasteiger partial charge in [-0.1, -0.05) is 18.8 Å². The van der Waals surface area contributed by atoms with E-state index in [2.05, 4.69) is 18.8 Å². The first-order chi connectivity index (χ1) is 16.0. The number of nitrogens with zero attached hydrogens (tertiary/aromatic N) is 2. The molecule has 1 aliphatic heterocycles. The molecule has 2 N–H and O–H groups in total. The molecule has 188 valence electrons. The molecule has 1 saturated heterocycles. The Morgan fingerprint density at radius 2 is 1.94 bits per heavy atom. The van der Waals surface area contributed by atoms with Gasteiger partial charge in [0.05, 0.1) is 22.0 Å². The second-order valence-electron chi connectivity index (χ2n) is 10.5. The maximum absolute atomic E-state index is 13.9. The van der Waals surface area contributed by atoms with Gasteiger partial charge in [-0.2, -0.15) is 0 Å². The molecular formula is C26H38N2O5S. The second-order valence-corrected chi connectivity index (χ2v) is 11.6. The number of hydrogen-bond donors (Lipinski definition) is 2. The van der Waals surface area contributed by atoms with Crippen LogP contribution in [0.2, 0.25) is 0 Å². The summed E-state index contributed by atoms with van der Waals surface area (Å²) in [5.74, 6) is 6.47. The molecule has 2 amide bonds. The molecule has 8 heteroatoms. The Bertz CT molecular complexity index is 931. The van der Waals surface area contributed by atoms with Crippen LogP contribution in [0.1, 0.15) is 75.8 Å². The summed E-state index contributed by atoms with van der Waals surface area (Å²) >= 11 is 1.16. The van der Waals surface area contributed by atoms with Crippen LogP contribution in [0.25, 0.3) is 0 Å². The summed E-state index contributed by atoms with van der Waals surface area (Å²) in [4.78, 5) is 31.4. The zero-order valence-electron chi connectivity index (χ0n) is 21.0. The third-order valence-corrected chi connectivity index (χ3v) is 7.62. The van der Waals surface area contributed by atoms with Crippen molar-refractivity contribution in [2.24, 2.45) is 17.3 Å². The molecule has 7 nitrogen and oxygen atoms in total. The quantitative estimate of drug-likeness (QED) is 0.451. The van der Waals surface area contributed by atoms with Crippen molar-refractivity contribution in [1.29, 1.82) is 0 Å². The van der Waals surface area contributed by atoms with Gasteiger partial charge in [-0.05, 0) is 64.9 Å². The Hall–Kier alpha value is -1.92. The maximum atomic E-state index is 13.9. The minimum absolute atomic E-state index is 0.103. The second kappa shape index (κ2) is 11.2. The minimum atomic E-state index is -1.76. The molecule has 3 rings (SSSR count). The number of carbonyl (C=O) groups excluding carboxylic acids is 2. The summed E-state index contributed by atoms with van der Waals surface area (Å²) in [6.45, 7) is 9.64. The number of aliphatic hydroxyl groups is 2. The normalized spacial score (nSPS) is 23.2. The standard InChI is InChI=1S/C26H38N2O5S/c1-17-6-8-18(9-7-17)23(29)28(20-11-13-27(24(20)30)14-15-33-5)21-16-19(10-12-26(2,3)4)34-22(21)25(31)32/h16-18,20,25,31-32H,6-9,11,13-15H2,1-5H3. The van der Waals surface area contributed by atoms with Crippen LogP contribution in [0.4, 0.5) is 5.69 Å². The monoisotopic (exact) mass is 490 g/mol. The fourth-order valence-electron chi connectivity index (χ4n) is 4.61. The third-order valence-electron chi connectivity index (χ3n) is 6.54. The highest BCUT2D eigenvalue weighted by molar-refractivity contribution is 7.13. The molecule has 0 radical (unpaired) electrons. The lowest BCUT2D eigenvalue weighted by Crippen LogP contribution is -2.49. The zero-order chi connectivity index (χ0) is 25.0. The van der Waals surface area contributed by atoms with E-state index in [1.165, 1.54) is 0 Å². The first-order valence-corrected chi connectivity index (χ1v) is 13.0. The predicted octanol–water partition coefficient (Wildman–Crippen LogP) is 3.54. The molecule has 2 fully saturated rings. The Morgan fingerprint density at radius 1 is 1.26 bits per heavy atom. The Morgan fingerprint density at radius 3 is 2.53 bits per heavy atom. The molecule has 1 aliphatic carbocycles. The molecule has 1 saturated carbocycles. The molecule has 1 aromatic rings. The van der Waals surface area contributed by atoms with E-state index in [9.17, 15) is 19.8 Å². The van der Waals surface area contributed by atoms with Crippen molar-refractivity contribution >= 4 is 28.8 Å². The largest absolute Gasteiger partial charge is 0.383 e. The molecule has 1 aromatic heterocycles. The average Bonchev–Trinajstić information content (AvgIpc) is 3.35. The SMILES string of the molecule is COCCN1CCC(N(C(=O)C2CCC(C)CC2)c2cc(C#CC(C)(C)C)sc2C(O)O)C1=O. The molecule has 0 spiro atoms. The van der Waals surface area contributed by atoms with Crippen molar-refractivity contribution in [3.63, 3.8) is 0 Å². The molecule has 1 atom stereocenters. The van der Waals surface area contributed by atoms with Crippen molar-refractivity contribution in [3.8, 4) is 11.8 Å². The van der Waals surface area contributed by atoms with E-state index in [1.54, 1.807) is 23.0 Å². The van der Waals surface area contributed by atoms with Crippen LogP contribution in [-0.2, 0) is 14.3 Å². The topological polar surface area (TPSA) is 90.3 Å². The van der Waals surface area contributed by atoms with Gasteiger partial charge < -0.3 is 19.8 Å². The summed E-state index contributed by atoms with van der Waals surface area (Å²) < 4.78 is 5.14. The number of likely N-dealkylation sites (tertiary alicyclic amines) is 1. The summed E-state index contributed by atoms with van der Waals surface area (Å²) in [7, 11) is 1.60. The third kappa shape index (κ3) is 6.39. The van der Waals surface area contributed by atoms with Crippen LogP contribution < -0.4 is 4.90 Å². The summed E-state index contributed by atoms with van der Waals surface area (Å²) in [6, 6.07) is 1.08. The van der Waals surface area contributed by atoms with Crippen molar-refractivity contribution in [2.75, 3.05) is 31.7 Å². The first-order valence-electron chi connectivity index (χ1n) is 12.2. The van der Waals surface area contributed by atoms with Crippen LogP contribution >= 0.6 is 11.3 Å². The molecule has 2 aliphatic rings. The predicted molar refractivity (Wildman–Crippen MR) is 133 cm³/mol. The summed E-state index contributed by atoms with van der Waals surface area (Å²) in [5.41, 5.74) is 0.175. The fraction of sp³-hybridized carbons (Fsp3) is 0.692. The van der Waals surface area contributed by atoms with Crippen LogP contribution in [0.15, 0.2) is 6.07 Å². The van der Waals surface area contributed by atoms with Crippen LogP contribution in [0.5, 0.6) is 0 Å². The number of ether oxygens (including phenoxy) is 1. The number of methoxy groups -OCH3 is 1. The van der Waals surface area contributed by atoms with E-state index in [-0.39, 0.29) is 28.0 Å². The Kier molecular flexibility index (Phi) is 8.80. The van der Waals surface area contributed by atoms with Gasteiger partial charge in [0, 0.05) is 31.5 Å². The molecule has 0 bridgehead atoms. The van der Waals surface area contributed by atoms with Crippen LogP contribution in [0, 0.1) is 29.1 Å². The van der Waals surface area contributed by atoms with E-state index in [1.807, 2.05) is 20.8 Å². The lowest BCUT2D eigenvalue weighted by Gasteiger charge is -2.34. The van der Waals surface area contributed by atoms with Crippen LogP contribution in [-0.4, -0.2) is 59.8 Å². The molecular weight excluding hydrogens is 452 g/mol. The minimum Gasteiger partial charge on any atom is -0.383 e. The number of anilines is 1. The average molecular weight is 491 g/mol. The van der Waals surface area contributed by atoms with E-state index >= 15 is 0 Å². The van der Waals surface area contributed by atoms with Crippen molar-refractivity contribution in [2.45, 2.75) is 72.1 Å². The molecule has 34 heavy (non-hydrogen) atoms. The molecule has 0 aromatic carbocycles. The van der Waals surface area contributed by atoms with Gasteiger partial charge in [0.25, 0.3) is 0 Å². The van der Waals surface area contributed by atoms with Crippen molar-refractivity contribution in [3.05, 3.63) is 15.8 Å². The van der Waals surface area contributed by atoms with Crippen molar-refractivity contribution < 1.29 is 24.5 Å². The Labute approximate surface area is 207 Å². The van der Waals surface area contributed by atoms with Gasteiger partial charge in [0.1, 0.15) is 6.04 Å². The molecule has 1 unspecified atom stereocenters. The number of thiophene rings is 1. The highest BCUT2D eigenvalue weighted by Gasteiger charge is 2.42. The number of hydrogen-bond acceptors (Lipinski definition) is 6. The van der Waals surface area contributed by atoms with E-state index in [0.717, 1.165) is 37.0 Å². The van der Waals surface area contributed by atoms with Gasteiger partial charge in [-0.3, -0.25) is 14.5 Å². The van der Waals surface area contributed by atoms with Gasteiger partial charge in [0.2, 0.25) is 11.8 Å². The summed E-state index contributed by atoms with van der Waals surface area (Å²) in [6.07, 6.45) is 2.25. The zero-order valence-corrected chi connectivity index (χ0v) is 21.8. The van der Waals surface area contributed by atoms with E-state index in [0.29, 0.717) is 42.6 Å². The van der Waals surface area contributed by atoms with Crippen molar-refractivity contribution in [1.82, 2.24) is 4.90 Å². The smallest absolute Gasteiger partial charge is 0.245 e.